The summed E-state index contributed by atoms with van der Waals surface area (Å²) >= 11 is 0. The first kappa shape index (κ1) is 16.5. The third kappa shape index (κ3) is 3.15. The van der Waals surface area contributed by atoms with Gasteiger partial charge in [0.15, 0.2) is 9.84 Å². The number of hydrogen-bond donors (Lipinski definition) is 0. The minimum atomic E-state index is -3.26. The Morgan fingerprint density at radius 2 is 1.74 bits per heavy atom. The van der Waals surface area contributed by atoms with Gasteiger partial charge in [0.2, 0.25) is 5.91 Å². The van der Waals surface area contributed by atoms with Crippen LogP contribution in [-0.4, -0.2) is 49.8 Å². The summed E-state index contributed by atoms with van der Waals surface area (Å²) in [6.07, 6.45) is 2.35. The zero-order valence-electron chi connectivity index (χ0n) is 13.6. The monoisotopic (exact) mass is 337 g/mol. The summed E-state index contributed by atoms with van der Waals surface area (Å²) in [7, 11) is -3.26. The van der Waals surface area contributed by atoms with Crippen molar-refractivity contribution in [2.24, 2.45) is 0 Å². The van der Waals surface area contributed by atoms with Gasteiger partial charge in [0, 0.05) is 0 Å². The summed E-state index contributed by atoms with van der Waals surface area (Å²) in [5, 5.41) is -0.445. The first-order chi connectivity index (χ1) is 10.9. The molecule has 6 heteroatoms. The first-order valence-electron chi connectivity index (χ1n) is 8.11. The maximum Gasteiger partial charge on any atom is 0.227 e. The van der Waals surface area contributed by atoms with Crippen LogP contribution in [0.25, 0.3) is 0 Å². The molecule has 3 rings (SSSR count). The number of carbonyl (C=O) groups excluding carboxylic acids is 1. The number of sulfone groups is 1. The van der Waals surface area contributed by atoms with E-state index in [1.54, 1.807) is 38.1 Å². The Labute approximate surface area is 137 Å². The number of rotatable bonds is 4. The lowest BCUT2D eigenvalue weighted by Gasteiger charge is -2.34. The van der Waals surface area contributed by atoms with E-state index < -0.39 is 15.1 Å². The molecule has 0 saturated carbocycles. The second-order valence-corrected chi connectivity index (χ2v) is 9.14. The van der Waals surface area contributed by atoms with Crippen molar-refractivity contribution in [3.05, 3.63) is 29.8 Å². The minimum Gasteiger partial charge on any atom is -0.377 e. The Balaban J connectivity index is 1.70. The first-order valence-corrected chi connectivity index (χ1v) is 9.66. The fourth-order valence-corrected chi connectivity index (χ4v) is 4.43. The summed E-state index contributed by atoms with van der Waals surface area (Å²) in [6.45, 7) is 4.60. The molecule has 0 spiro atoms. The number of hydrogen-bond acceptors (Lipinski definition) is 4. The zero-order valence-corrected chi connectivity index (χ0v) is 14.4. The van der Waals surface area contributed by atoms with Crippen LogP contribution in [0.4, 0.5) is 0 Å². The summed E-state index contributed by atoms with van der Waals surface area (Å²) in [4.78, 5) is 14.9. The lowest BCUT2D eigenvalue weighted by atomic mass is 10.1. The number of ether oxygens (including phenoxy) is 1. The second-order valence-electron chi connectivity index (χ2n) is 6.64. The van der Waals surface area contributed by atoms with Crippen molar-refractivity contribution in [3.8, 4) is 0 Å². The predicted molar refractivity (Wildman–Crippen MR) is 86.9 cm³/mol. The van der Waals surface area contributed by atoms with Gasteiger partial charge in [-0.3, -0.25) is 4.79 Å². The van der Waals surface area contributed by atoms with Crippen molar-refractivity contribution in [2.45, 2.75) is 55.3 Å². The maximum atomic E-state index is 12.6. The van der Waals surface area contributed by atoms with E-state index >= 15 is 0 Å². The fraction of sp³-hybridized carbons (Fsp3) is 0.588. The highest BCUT2D eigenvalue weighted by Crippen LogP contribution is 2.29. The molecule has 0 aliphatic carbocycles. The standard InChI is InChI=1S/C17H23NO4S/c1-12(2)23(20,21)16-7-3-13(4-8-16)9-17(19)18-14-5-6-15(18)11-22-10-14/h3-4,7-8,12,14-15H,5-6,9-11H2,1-2H3/t14-,15-/m1/s1. The van der Waals surface area contributed by atoms with E-state index in [0.29, 0.717) is 24.5 Å². The molecule has 2 fully saturated rings. The number of morpholine rings is 1. The van der Waals surface area contributed by atoms with Crippen molar-refractivity contribution < 1.29 is 17.9 Å². The lowest BCUT2D eigenvalue weighted by molar-refractivity contribution is -0.140. The molecule has 2 aliphatic heterocycles. The van der Waals surface area contributed by atoms with E-state index in [1.807, 2.05) is 4.90 Å². The van der Waals surface area contributed by atoms with Crippen LogP contribution in [0.2, 0.25) is 0 Å². The molecule has 1 aromatic rings. The second kappa shape index (κ2) is 6.24. The molecule has 1 aromatic carbocycles. The normalized spacial score (nSPS) is 24.2. The average molecular weight is 337 g/mol. The molecule has 2 heterocycles. The molecule has 0 aromatic heterocycles. The van der Waals surface area contributed by atoms with Gasteiger partial charge in [0.1, 0.15) is 0 Å². The Morgan fingerprint density at radius 3 is 2.26 bits per heavy atom. The topological polar surface area (TPSA) is 63.7 Å². The number of benzene rings is 1. The van der Waals surface area contributed by atoms with Gasteiger partial charge in [-0.05, 0) is 44.4 Å². The van der Waals surface area contributed by atoms with E-state index in [0.717, 1.165) is 18.4 Å². The molecule has 0 radical (unpaired) electrons. The zero-order chi connectivity index (χ0) is 16.6. The highest BCUT2D eigenvalue weighted by Gasteiger charge is 2.39. The molecule has 2 saturated heterocycles. The summed E-state index contributed by atoms with van der Waals surface area (Å²) in [5.41, 5.74) is 0.851. The Bertz CT molecular complexity index is 665. The van der Waals surface area contributed by atoms with Gasteiger partial charge < -0.3 is 9.64 Å². The van der Waals surface area contributed by atoms with Crippen LogP contribution in [-0.2, 0) is 25.8 Å². The quantitative estimate of drug-likeness (QED) is 0.840. The van der Waals surface area contributed by atoms with Gasteiger partial charge in [-0.1, -0.05) is 12.1 Å². The molecule has 0 N–H and O–H groups in total. The van der Waals surface area contributed by atoms with Gasteiger partial charge in [0.25, 0.3) is 0 Å². The third-order valence-corrected chi connectivity index (χ3v) is 6.93. The Kier molecular flexibility index (Phi) is 4.47. The van der Waals surface area contributed by atoms with Gasteiger partial charge in [-0.2, -0.15) is 0 Å². The van der Waals surface area contributed by atoms with E-state index in [4.69, 9.17) is 4.74 Å². The van der Waals surface area contributed by atoms with Crippen molar-refractivity contribution in [3.63, 3.8) is 0 Å². The average Bonchev–Trinajstić information content (AvgIpc) is 2.77. The van der Waals surface area contributed by atoms with Crippen molar-refractivity contribution in [1.29, 1.82) is 0 Å². The molecule has 0 unspecified atom stereocenters. The van der Waals surface area contributed by atoms with Gasteiger partial charge in [0.05, 0.1) is 41.9 Å². The van der Waals surface area contributed by atoms with Gasteiger partial charge in [-0.25, -0.2) is 8.42 Å². The summed E-state index contributed by atoms with van der Waals surface area (Å²) in [5.74, 6) is 0.111. The molecule has 5 nitrogen and oxygen atoms in total. The molecule has 126 valence electrons. The molecule has 2 atom stereocenters. The van der Waals surface area contributed by atoms with E-state index in [2.05, 4.69) is 0 Å². The molecule has 23 heavy (non-hydrogen) atoms. The highest BCUT2D eigenvalue weighted by atomic mass is 32.2. The molecule has 2 bridgehead atoms. The maximum absolute atomic E-state index is 12.6. The lowest BCUT2D eigenvalue weighted by Crippen LogP contribution is -2.49. The molecular weight excluding hydrogens is 314 g/mol. The summed E-state index contributed by atoms with van der Waals surface area (Å²) < 4.78 is 29.7. The van der Waals surface area contributed by atoms with Crippen molar-refractivity contribution in [2.75, 3.05) is 13.2 Å². The van der Waals surface area contributed by atoms with Crippen molar-refractivity contribution in [1.82, 2.24) is 4.90 Å². The SMILES string of the molecule is CC(C)S(=O)(=O)c1ccc(CC(=O)N2[C@@H]3CC[C@@H]2COC3)cc1. The van der Waals surface area contributed by atoms with E-state index in [9.17, 15) is 13.2 Å². The molecule has 1 amide bonds. The van der Waals surface area contributed by atoms with Crippen molar-refractivity contribution >= 4 is 15.7 Å². The largest absolute Gasteiger partial charge is 0.377 e. The molecular formula is C17H23NO4S. The highest BCUT2D eigenvalue weighted by molar-refractivity contribution is 7.92. The van der Waals surface area contributed by atoms with Crippen LogP contribution in [0.1, 0.15) is 32.3 Å². The van der Waals surface area contributed by atoms with Crippen LogP contribution in [0.3, 0.4) is 0 Å². The Morgan fingerprint density at radius 1 is 1.17 bits per heavy atom. The summed E-state index contributed by atoms with van der Waals surface area (Å²) in [6, 6.07) is 7.12. The number of amides is 1. The fourth-order valence-electron chi connectivity index (χ4n) is 3.37. The minimum absolute atomic E-state index is 0.111. The number of fused-ring (bicyclic) bond motifs is 2. The number of carbonyl (C=O) groups is 1. The predicted octanol–water partition coefficient (Wildman–Crippen LogP) is 1.80. The van der Waals surface area contributed by atoms with E-state index in [-0.39, 0.29) is 18.0 Å². The van der Waals surface area contributed by atoms with Crippen LogP contribution < -0.4 is 0 Å². The smallest absolute Gasteiger partial charge is 0.227 e. The van der Waals surface area contributed by atoms with E-state index in [1.165, 1.54) is 0 Å². The Hall–Kier alpha value is -1.40. The van der Waals surface area contributed by atoms with Crippen LogP contribution in [0, 0.1) is 0 Å². The third-order valence-electron chi connectivity index (χ3n) is 4.76. The van der Waals surface area contributed by atoms with Gasteiger partial charge >= 0.3 is 0 Å². The van der Waals surface area contributed by atoms with Crippen LogP contribution in [0.15, 0.2) is 29.2 Å². The van der Waals surface area contributed by atoms with Crippen LogP contribution in [0.5, 0.6) is 0 Å². The molecule has 2 aliphatic rings. The van der Waals surface area contributed by atoms with Crippen LogP contribution >= 0.6 is 0 Å². The van der Waals surface area contributed by atoms with Gasteiger partial charge in [-0.15, -0.1) is 0 Å². The number of nitrogens with zero attached hydrogens (tertiary/aromatic N) is 1.